The highest BCUT2D eigenvalue weighted by atomic mass is 16.4. The van der Waals surface area contributed by atoms with E-state index in [4.69, 9.17) is 5.11 Å². The van der Waals surface area contributed by atoms with Crippen molar-refractivity contribution in [2.24, 2.45) is 0 Å². The fraction of sp³-hybridized carbons (Fsp3) is 0.462. The molecule has 2 rings (SSSR count). The number of benzene rings is 1. The van der Waals surface area contributed by atoms with E-state index < -0.39 is 5.97 Å². The second-order valence-electron chi connectivity index (χ2n) is 4.74. The smallest absolute Gasteiger partial charge is 0.339 e. The van der Waals surface area contributed by atoms with Gasteiger partial charge in [0.1, 0.15) is 11.3 Å². The van der Waals surface area contributed by atoms with Crippen molar-refractivity contribution >= 4 is 5.97 Å². The van der Waals surface area contributed by atoms with Crippen LogP contribution < -0.4 is 0 Å². The van der Waals surface area contributed by atoms with Crippen LogP contribution in [0.2, 0.25) is 0 Å². The number of piperazine rings is 1. The number of likely N-dealkylation sites (N-methyl/N-ethyl adjacent to an activating group) is 1. The highest BCUT2D eigenvalue weighted by molar-refractivity contribution is 5.90. The standard InChI is InChI=1S/C13H18N2O3/c1-14-4-6-15(7-5-14)9-10-2-3-12(16)11(8-10)13(17)18/h2-3,8,16H,4-7,9H2,1H3,(H,17,18). The van der Waals surface area contributed by atoms with Crippen molar-refractivity contribution in [1.29, 1.82) is 0 Å². The maximum Gasteiger partial charge on any atom is 0.339 e. The van der Waals surface area contributed by atoms with Gasteiger partial charge in [0.25, 0.3) is 0 Å². The van der Waals surface area contributed by atoms with Crippen molar-refractivity contribution in [3.8, 4) is 5.75 Å². The first kappa shape index (κ1) is 12.9. The summed E-state index contributed by atoms with van der Waals surface area (Å²) in [6.07, 6.45) is 0. The molecule has 1 aliphatic rings. The molecule has 1 heterocycles. The molecule has 1 aliphatic heterocycles. The predicted octanol–water partition coefficient (Wildman–Crippen LogP) is 0.838. The quantitative estimate of drug-likeness (QED) is 0.832. The molecule has 0 saturated carbocycles. The highest BCUT2D eigenvalue weighted by Gasteiger charge is 2.15. The third-order valence-corrected chi connectivity index (χ3v) is 3.29. The second-order valence-corrected chi connectivity index (χ2v) is 4.74. The summed E-state index contributed by atoms with van der Waals surface area (Å²) in [6, 6.07) is 4.78. The molecule has 0 spiro atoms. The molecule has 5 nitrogen and oxygen atoms in total. The number of phenols is 1. The zero-order valence-corrected chi connectivity index (χ0v) is 10.5. The molecule has 1 aromatic carbocycles. The summed E-state index contributed by atoms with van der Waals surface area (Å²) < 4.78 is 0. The van der Waals surface area contributed by atoms with E-state index >= 15 is 0 Å². The van der Waals surface area contributed by atoms with Crippen LogP contribution in [0.5, 0.6) is 5.75 Å². The first-order valence-corrected chi connectivity index (χ1v) is 6.02. The first-order valence-electron chi connectivity index (χ1n) is 6.02. The fourth-order valence-corrected chi connectivity index (χ4v) is 2.12. The van der Waals surface area contributed by atoms with Crippen molar-refractivity contribution in [1.82, 2.24) is 9.80 Å². The van der Waals surface area contributed by atoms with Crippen molar-refractivity contribution in [3.63, 3.8) is 0 Å². The van der Waals surface area contributed by atoms with Crippen LogP contribution in [0.1, 0.15) is 15.9 Å². The van der Waals surface area contributed by atoms with E-state index in [0.29, 0.717) is 0 Å². The van der Waals surface area contributed by atoms with Gasteiger partial charge >= 0.3 is 5.97 Å². The molecule has 0 atom stereocenters. The van der Waals surface area contributed by atoms with Gasteiger partial charge in [-0.3, -0.25) is 4.90 Å². The molecule has 1 aromatic rings. The number of aromatic carboxylic acids is 1. The Hall–Kier alpha value is -1.59. The van der Waals surface area contributed by atoms with Gasteiger partial charge in [-0.25, -0.2) is 4.79 Å². The van der Waals surface area contributed by atoms with Crippen LogP contribution >= 0.6 is 0 Å². The van der Waals surface area contributed by atoms with Gasteiger partial charge in [0, 0.05) is 32.7 Å². The molecule has 18 heavy (non-hydrogen) atoms. The average Bonchev–Trinajstić information content (AvgIpc) is 2.34. The average molecular weight is 250 g/mol. The molecule has 0 radical (unpaired) electrons. The zero-order valence-electron chi connectivity index (χ0n) is 10.5. The lowest BCUT2D eigenvalue weighted by molar-refractivity contribution is 0.0693. The third kappa shape index (κ3) is 3.00. The Morgan fingerprint density at radius 3 is 2.56 bits per heavy atom. The molecule has 0 aliphatic carbocycles. The number of carbonyl (C=O) groups is 1. The van der Waals surface area contributed by atoms with Crippen molar-refractivity contribution in [3.05, 3.63) is 29.3 Å². The van der Waals surface area contributed by atoms with Crippen LogP contribution in [0.15, 0.2) is 18.2 Å². The van der Waals surface area contributed by atoms with E-state index in [0.717, 1.165) is 38.3 Å². The number of carboxylic acid groups (broad SMARTS) is 1. The summed E-state index contributed by atoms with van der Waals surface area (Å²) in [5.74, 6) is -1.27. The molecule has 1 fully saturated rings. The SMILES string of the molecule is CN1CCN(Cc2ccc(O)c(C(=O)O)c2)CC1. The Kier molecular flexibility index (Phi) is 3.84. The van der Waals surface area contributed by atoms with Gasteiger partial charge in [-0.05, 0) is 24.7 Å². The van der Waals surface area contributed by atoms with Crippen LogP contribution in [0.4, 0.5) is 0 Å². The summed E-state index contributed by atoms with van der Waals surface area (Å²) in [4.78, 5) is 15.5. The summed E-state index contributed by atoms with van der Waals surface area (Å²) >= 11 is 0. The van der Waals surface area contributed by atoms with Gasteiger partial charge < -0.3 is 15.1 Å². The molecule has 0 bridgehead atoms. The molecule has 0 unspecified atom stereocenters. The van der Waals surface area contributed by atoms with Gasteiger partial charge in [-0.15, -0.1) is 0 Å². The lowest BCUT2D eigenvalue weighted by atomic mass is 10.1. The molecule has 2 N–H and O–H groups in total. The van der Waals surface area contributed by atoms with E-state index in [2.05, 4.69) is 16.8 Å². The minimum atomic E-state index is -1.09. The first-order chi connectivity index (χ1) is 8.56. The monoisotopic (exact) mass is 250 g/mol. The van der Waals surface area contributed by atoms with Gasteiger partial charge in [0.15, 0.2) is 0 Å². The third-order valence-electron chi connectivity index (χ3n) is 3.29. The van der Waals surface area contributed by atoms with Gasteiger partial charge in [-0.1, -0.05) is 6.07 Å². The van der Waals surface area contributed by atoms with Crippen LogP contribution in [-0.2, 0) is 6.54 Å². The molecular weight excluding hydrogens is 232 g/mol. The van der Waals surface area contributed by atoms with Gasteiger partial charge in [0.2, 0.25) is 0 Å². The summed E-state index contributed by atoms with van der Waals surface area (Å²) in [5, 5.41) is 18.4. The summed E-state index contributed by atoms with van der Waals surface area (Å²) in [6.45, 7) is 4.77. The van der Waals surface area contributed by atoms with E-state index in [9.17, 15) is 9.90 Å². The lowest BCUT2D eigenvalue weighted by Crippen LogP contribution is -2.43. The second kappa shape index (κ2) is 5.37. The zero-order chi connectivity index (χ0) is 13.1. The number of rotatable bonds is 3. The number of hydrogen-bond donors (Lipinski definition) is 2. The van der Waals surface area contributed by atoms with Crippen LogP contribution in [0.25, 0.3) is 0 Å². The minimum Gasteiger partial charge on any atom is -0.507 e. The van der Waals surface area contributed by atoms with Gasteiger partial charge in [0.05, 0.1) is 0 Å². The van der Waals surface area contributed by atoms with E-state index in [1.807, 2.05) is 0 Å². The topological polar surface area (TPSA) is 64.0 Å². The minimum absolute atomic E-state index is 0.0263. The Labute approximate surface area is 106 Å². The molecule has 0 amide bonds. The van der Waals surface area contributed by atoms with Gasteiger partial charge in [-0.2, -0.15) is 0 Å². The Morgan fingerprint density at radius 2 is 1.94 bits per heavy atom. The van der Waals surface area contributed by atoms with E-state index in [1.54, 1.807) is 12.1 Å². The van der Waals surface area contributed by atoms with Crippen LogP contribution in [0.3, 0.4) is 0 Å². The number of carboxylic acids is 1. The van der Waals surface area contributed by atoms with Crippen molar-refractivity contribution in [2.45, 2.75) is 6.54 Å². The summed E-state index contributed by atoms with van der Waals surface area (Å²) in [5.41, 5.74) is 0.899. The van der Waals surface area contributed by atoms with E-state index in [1.165, 1.54) is 6.07 Å². The van der Waals surface area contributed by atoms with Crippen LogP contribution in [0, 0.1) is 0 Å². The largest absolute Gasteiger partial charge is 0.507 e. The molecule has 98 valence electrons. The molecular formula is C13H18N2O3. The number of hydrogen-bond acceptors (Lipinski definition) is 4. The highest BCUT2D eigenvalue weighted by Crippen LogP contribution is 2.19. The molecule has 0 aromatic heterocycles. The maximum atomic E-state index is 10.9. The normalized spacial score (nSPS) is 17.8. The van der Waals surface area contributed by atoms with Crippen LogP contribution in [-0.4, -0.2) is 59.2 Å². The predicted molar refractivity (Wildman–Crippen MR) is 67.8 cm³/mol. The lowest BCUT2D eigenvalue weighted by Gasteiger charge is -2.32. The number of aromatic hydroxyl groups is 1. The summed E-state index contributed by atoms with van der Waals surface area (Å²) in [7, 11) is 2.10. The molecule has 5 heteroatoms. The Balaban J connectivity index is 2.05. The Morgan fingerprint density at radius 1 is 1.28 bits per heavy atom. The number of nitrogens with zero attached hydrogens (tertiary/aromatic N) is 2. The molecule has 1 saturated heterocycles. The maximum absolute atomic E-state index is 10.9. The Bertz CT molecular complexity index is 440. The van der Waals surface area contributed by atoms with E-state index in [-0.39, 0.29) is 11.3 Å². The van der Waals surface area contributed by atoms with Crippen molar-refractivity contribution < 1.29 is 15.0 Å². The fourth-order valence-electron chi connectivity index (χ4n) is 2.12. The van der Waals surface area contributed by atoms with Crippen molar-refractivity contribution in [2.75, 3.05) is 33.2 Å².